The second kappa shape index (κ2) is 5.46. The van der Waals surface area contributed by atoms with Gasteiger partial charge in [0.1, 0.15) is 4.90 Å². The van der Waals surface area contributed by atoms with Gasteiger partial charge in [0.25, 0.3) is 0 Å². The van der Waals surface area contributed by atoms with Gasteiger partial charge in [-0.1, -0.05) is 23.2 Å². The van der Waals surface area contributed by atoms with Crippen LogP contribution in [0.3, 0.4) is 0 Å². The molecule has 1 aliphatic rings. The molecule has 1 aromatic carbocycles. The smallest absolute Gasteiger partial charge is 0.242 e. The monoisotopic (exact) mass is 337 g/mol. The largest absolute Gasteiger partial charge is 0.394 e. The number of halogens is 2. The highest BCUT2D eigenvalue weighted by Gasteiger charge is 2.41. The molecule has 0 heterocycles. The first-order valence-corrected chi connectivity index (χ1v) is 8.56. The van der Waals surface area contributed by atoms with E-state index in [1.807, 2.05) is 0 Å². The Morgan fingerprint density at radius 1 is 1.35 bits per heavy atom. The van der Waals surface area contributed by atoms with Crippen molar-refractivity contribution in [1.82, 2.24) is 4.72 Å². The lowest BCUT2D eigenvalue weighted by Crippen LogP contribution is -2.56. The number of aliphatic hydroxyl groups is 1. The van der Waals surface area contributed by atoms with E-state index in [9.17, 15) is 13.5 Å². The summed E-state index contributed by atoms with van der Waals surface area (Å²) in [5.74, 6) is 0. The minimum Gasteiger partial charge on any atom is -0.394 e. The predicted molar refractivity (Wildman–Crippen MR) is 79.9 cm³/mol. The molecule has 0 unspecified atom stereocenters. The van der Waals surface area contributed by atoms with Gasteiger partial charge in [-0.2, -0.15) is 0 Å². The van der Waals surface area contributed by atoms with Crippen molar-refractivity contribution in [1.29, 1.82) is 0 Å². The second-order valence-electron chi connectivity index (χ2n) is 5.34. The predicted octanol–water partition coefficient (Wildman–Crippen LogP) is 2.80. The first-order valence-electron chi connectivity index (χ1n) is 6.32. The van der Waals surface area contributed by atoms with Crippen LogP contribution < -0.4 is 4.72 Å². The third-order valence-corrected chi connectivity index (χ3v) is 6.56. The van der Waals surface area contributed by atoms with Gasteiger partial charge in [-0.05, 0) is 50.3 Å². The fourth-order valence-corrected chi connectivity index (χ4v) is 5.03. The van der Waals surface area contributed by atoms with E-state index in [2.05, 4.69) is 4.72 Å². The first-order chi connectivity index (χ1) is 9.22. The standard InChI is InChI=1S/C13H17Cl2NO3S/c1-8-6-10(14)9(2)12(11(8)15)20(18,19)16-13(7-17)4-3-5-13/h6,16-17H,3-5,7H2,1-2H3. The second-order valence-corrected chi connectivity index (χ2v) is 7.75. The molecule has 1 saturated carbocycles. The van der Waals surface area contributed by atoms with Crippen molar-refractivity contribution in [2.24, 2.45) is 0 Å². The summed E-state index contributed by atoms with van der Waals surface area (Å²) in [6.07, 6.45) is 2.14. The molecule has 0 saturated heterocycles. The molecule has 0 aliphatic heterocycles. The lowest BCUT2D eigenvalue weighted by Gasteiger charge is -2.40. The molecule has 0 atom stereocenters. The van der Waals surface area contributed by atoms with Gasteiger partial charge >= 0.3 is 0 Å². The average molecular weight is 338 g/mol. The summed E-state index contributed by atoms with van der Waals surface area (Å²) in [5, 5.41) is 9.94. The molecule has 7 heteroatoms. The van der Waals surface area contributed by atoms with E-state index in [4.69, 9.17) is 23.2 Å². The fraction of sp³-hybridized carbons (Fsp3) is 0.538. The van der Waals surface area contributed by atoms with Gasteiger partial charge in [0.15, 0.2) is 0 Å². The van der Waals surface area contributed by atoms with Gasteiger partial charge in [0, 0.05) is 5.02 Å². The molecule has 1 fully saturated rings. The molecule has 2 rings (SSSR count). The van der Waals surface area contributed by atoms with E-state index in [1.165, 1.54) is 0 Å². The van der Waals surface area contributed by atoms with E-state index in [-0.39, 0.29) is 16.5 Å². The van der Waals surface area contributed by atoms with Gasteiger partial charge in [-0.25, -0.2) is 13.1 Å². The number of aliphatic hydroxyl groups excluding tert-OH is 1. The molecule has 1 aliphatic carbocycles. The van der Waals surface area contributed by atoms with E-state index in [1.54, 1.807) is 19.9 Å². The third kappa shape index (κ3) is 2.70. The molecule has 0 spiro atoms. The molecule has 0 amide bonds. The molecule has 112 valence electrons. The van der Waals surface area contributed by atoms with Crippen molar-refractivity contribution < 1.29 is 13.5 Å². The summed E-state index contributed by atoms with van der Waals surface area (Å²) in [7, 11) is -3.82. The highest BCUT2D eigenvalue weighted by Crippen LogP contribution is 2.37. The number of hydrogen-bond acceptors (Lipinski definition) is 3. The molecule has 2 N–H and O–H groups in total. The van der Waals surface area contributed by atoms with Gasteiger partial charge in [-0.3, -0.25) is 0 Å². The topological polar surface area (TPSA) is 66.4 Å². The van der Waals surface area contributed by atoms with E-state index >= 15 is 0 Å². The van der Waals surface area contributed by atoms with Crippen LogP contribution in [-0.4, -0.2) is 25.7 Å². The van der Waals surface area contributed by atoms with Crippen LogP contribution in [0.4, 0.5) is 0 Å². The zero-order valence-corrected chi connectivity index (χ0v) is 13.7. The number of hydrogen-bond donors (Lipinski definition) is 2. The Balaban J connectivity index is 2.50. The van der Waals surface area contributed by atoms with Crippen molar-refractivity contribution in [2.75, 3.05) is 6.61 Å². The normalized spacial score (nSPS) is 17.9. The van der Waals surface area contributed by atoms with Crippen LogP contribution in [0, 0.1) is 13.8 Å². The summed E-state index contributed by atoms with van der Waals surface area (Å²) < 4.78 is 27.7. The highest BCUT2D eigenvalue weighted by molar-refractivity contribution is 7.89. The Hall–Kier alpha value is -0.330. The Kier molecular flexibility index (Phi) is 4.38. The Morgan fingerprint density at radius 3 is 2.40 bits per heavy atom. The van der Waals surface area contributed by atoms with Crippen molar-refractivity contribution in [2.45, 2.75) is 43.5 Å². The van der Waals surface area contributed by atoms with Gasteiger partial charge in [-0.15, -0.1) is 0 Å². The van der Waals surface area contributed by atoms with Crippen molar-refractivity contribution >= 4 is 33.2 Å². The van der Waals surface area contributed by atoms with Gasteiger partial charge in [0.2, 0.25) is 10.0 Å². The molecule has 1 aromatic rings. The molecular formula is C13H17Cl2NO3S. The molecule has 4 nitrogen and oxygen atoms in total. The summed E-state index contributed by atoms with van der Waals surface area (Å²) in [4.78, 5) is 0.00360. The van der Waals surface area contributed by atoms with E-state index in [0.717, 1.165) is 6.42 Å². The highest BCUT2D eigenvalue weighted by atomic mass is 35.5. The molecule has 0 aromatic heterocycles. The van der Waals surface area contributed by atoms with Crippen molar-refractivity contribution in [3.05, 3.63) is 27.2 Å². The van der Waals surface area contributed by atoms with Gasteiger partial charge in [0.05, 0.1) is 17.2 Å². The van der Waals surface area contributed by atoms with Crippen molar-refractivity contribution in [3.8, 4) is 0 Å². The van der Waals surface area contributed by atoms with Crippen LogP contribution >= 0.6 is 23.2 Å². The van der Waals surface area contributed by atoms with Crippen LogP contribution in [0.25, 0.3) is 0 Å². The lowest BCUT2D eigenvalue weighted by molar-refractivity contribution is 0.110. The summed E-state index contributed by atoms with van der Waals surface area (Å²) in [6.45, 7) is 3.11. The lowest BCUT2D eigenvalue weighted by atomic mass is 9.78. The fourth-order valence-electron chi connectivity index (χ4n) is 2.37. The average Bonchev–Trinajstić information content (AvgIpc) is 2.31. The maximum atomic E-state index is 12.6. The number of aryl methyl sites for hydroxylation is 1. The zero-order chi connectivity index (χ0) is 15.1. The maximum Gasteiger partial charge on any atom is 0.242 e. The van der Waals surface area contributed by atoms with Crippen LogP contribution in [0.5, 0.6) is 0 Å². The number of sulfonamides is 1. The zero-order valence-electron chi connectivity index (χ0n) is 11.3. The molecule has 0 radical (unpaired) electrons. The number of rotatable bonds is 4. The van der Waals surface area contributed by atoms with E-state index in [0.29, 0.717) is 29.0 Å². The van der Waals surface area contributed by atoms with Crippen LogP contribution in [0.1, 0.15) is 30.4 Å². The summed E-state index contributed by atoms with van der Waals surface area (Å²) in [5.41, 5.74) is 0.265. The maximum absolute atomic E-state index is 12.6. The minimum atomic E-state index is -3.82. The van der Waals surface area contributed by atoms with E-state index < -0.39 is 15.6 Å². The molecular weight excluding hydrogens is 321 g/mol. The minimum absolute atomic E-state index is 0.00360. The van der Waals surface area contributed by atoms with Crippen LogP contribution in [-0.2, 0) is 10.0 Å². The number of benzene rings is 1. The Morgan fingerprint density at radius 2 is 1.95 bits per heavy atom. The first kappa shape index (κ1) is 16.0. The summed E-state index contributed by atoms with van der Waals surface area (Å²) >= 11 is 12.2. The SMILES string of the molecule is Cc1cc(Cl)c(C)c(S(=O)(=O)NC2(CO)CCC2)c1Cl. The van der Waals surface area contributed by atoms with Crippen molar-refractivity contribution in [3.63, 3.8) is 0 Å². The van der Waals surface area contributed by atoms with Gasteiger partial charge < -0.3 is 5.11 Å². The quantitative estimate of drug-likeness (QED) is 0.887. The van der Waals surface area contributed by atoms with Crippen LogP contribution in [0.2, 0.25) is 10.0 Å². The Bertz CT molecular complexity index is 608. The van der Waals surface area contributed by atoms with Crippen LogP contribution in [0.15, 0.2) is 11.0 Å². The third-order valence-electron chi connectivity index (χ3n) is 3.82. The molecule has 0 bridgehead atoms. The Labute approximate surface area is 129 Å². The number of nitrogens with one attached hydrogen (secondary N) is 1. The molecule has 20 heavy (non-hydrogen) atoms. The summed E-state index contributed by atoms with van der Waals surface area (Å²) in [6, 6.07) is 1.64.